The molecule has 0 fully saturated rings. The van der Waals surface area contributed by atoms with Gasteiger partial charge in [0.2, 0.25) is 0 Å². The highest BCUT2D eigenvalue weighted by Gasteiger charge is 2.45. The van der Waals surface area contributed by atoms with Crippen molar-refractivity contribution < 1.29 is 22.8 Å². The van der Waals surface area contributed by atoms with Crippen molar-refractivity contribution in [3.8, 4) is 17.2 Å². The van der Waals surface area contributed by atoms with Crippen LogP contribution in [0.4, 0.5) is 0 Å². The molecule has 1 aromatic heterocycles. The molecule has 0 amide bonds. The molecular formula is C26H33NO5Si2. The number of rotatable bonds is 8. The Labute approximate surface area is 203 Å². The first-order valence-electron chi connectivity index (χ1n) is 11.2. The molecule has 0 atom stereocenters. The minimum absolute atomic E-state index is 0.808. The normalized spacial score (nSPS) is 12.5. The van der Waals surface area contributed by atoms with Crippen LogP contribution < -0.4 is 19.8 Å². The third-order valence-electron chi connectivity index (χ3n) is 6.38. The van der Waals surface area contributed by atoms with Crippen LogP contribution in [-0.4, -0.2) is 57.0 Å². The lowest BCUT2D eigenvalue weighted by Gasteiger charge is -2.31. The number of nitrogens with zero attached hydrogens (tertiary/aromatic N) is 1. The van der Waals surface area contributed by atoms with Crippen molar-refractivity contribution in [1.29, 1.82) is 0 Å². The van der Waals surface area contributed by atoms with Gasteiger partial charge in [0, 0.05) is 37.3 Å². The maximum Gasteiger partial charge on any atom is 0.538 e. The molecule has 0 radical (unpaired) electrons. The van der Waals surface area contributed by atoms with Gasteiger partial charge in [-0.3, -0.25) is 0 Å². The van der Waals surface area contributed by atoms with Gasteiger partial charge in [0.25, 0.3) is 0 Å². The van der Waals surface area contributed by atoms with Gasteiger partial charge in [-0.2, -0.15) is 0 Å². The second-order valence-electron chi connectivity index (χ2n) is 9.22. The zero-order valence-electron chi connectivity index (χ0n) is 21.2. The number of methoxy groups -OCH3 is 2. The van der Waals surface area contributed by atoms with E-state index in [1.54, 1.807) is 35.5 Å². The van der Waals surface area contributed by atoms with E-state index in [1.807, 2.05) is 12.1 Å². The Balaban J connectivity index is 2.24. The zero-order valence-corrected chi connectivity index (χ0v) is 23.2. The molecule has 3 aromatic carbocycles. The number of hydrogen-bond donors (Lipinski definition) is 0. The average molecular weight is 496 g/mol. The summed E-state index contributed by atoms with van der Waals surface area (Å²) in [5, 5.41) is 4.43. The van der Waals surface area contributed by atoms with Crippen molar-refractivity contribution >= 4 is 49.1 Å². The van der Waals surface area contributed by atoms with Crippen LogP contribution in [0.25, 0.3) is 27.5 Å². The summed E-state index contributed by atoms with van der Waals surface area (Å²) < 4.78 is 31.4. The highest BCUT2D eigenvalue weighted by atomic mass is 28.4. The van der Waals surface area contributed by atoms with Gasteiger partial charge < -0.3 is 27.3 Å². The first kappa shape index (κ1) is 24.5. The van der Waals surface area contributed by atoms with Crippen molar-refractivity contribution in [2.24, 2.45) is 0 Å². The summed E-state index contributed by atoms with van der Waals surface area (Å²) >= 11 is 0. The molecule has 0 N–H and O–H groups in total. The first-order valence-corrected chi connectivity index (χ1v) is 16.4. The maximum absolute atomic E-state index is 5.98. The van der Waals surface area contributed by atoms with Crippen LogP contribution in [0, 0.1) is 0 Å². The van der Waals surface area contributed by atoms with Gasteiger partial charge in [0.1, 0.15) is 11.5 Å². The first-order chi connectivity index (χ1) is 16.2. The van der Waals surface area contributed by atoms with Crippen LogP contribution >= 0.6 is 0 Å². The average Bonchev–Trinajstić information content (AvgIpc) is 3.17. The second kappa shape index (κ2) is 9.20. The van der Waals surface area contributed by atoms with Crippen LogP contribution in [0.3, 0.4) is 0 Å². The van der Waals surface area contributed by atoms with Crippen molar-refractivity contribution in [2.45, 2.75) is 19.6 Å². The molecule has 0 bridgehead atoms. The lowest BCUT2D eigenvalue weighted by atomic mass is 10.1. The predicted octanol–water partition coefficient (Wildman–Crippen LogP) is 4.43. The van der Waals surface area contributed by atoms with Gasteiger partial charge in [-0.15, -0.1) is 0 Å². The smallest absolute Gasteiger partial charge is 0.497 e. The molecule has 8 heteroatoms. The Morgan fingerprint density at radius 1 is 0.618 bits per heavy atom. The van der Waals surface area contributed by atoms with Crippen LogP contribution in [0.5, 0.6) is 11.5 Å². The summed E-state index contributed by atoms with van der Waals surface area (Å²) in [6, 6.07) is 18.8. The summed E-state index contributed by atoms with van der Waals surface area (Å²) in [5.41, 5.74) is 3.22. The minimum atomic E-state index is -3.16. The Morgan fingerprint density at radius 2 is 1.09 bits per heavy atom. The monoisotopic (exact) mass is 495 g/mol. The van der Waals surface area contributed by atoms with Gasteiger partial charge in [0.05, 0.1) is 39.0 Å². The zero-order chi connectivity index (χ0) is 24.7. The van der Waals surface area contributed by atoms with E-state index in [9.17, 15) is 0 Å². The quantitative estimate of drug-likeness (QED) is 0.339. The van der Waals surface area contributed by atoms with E-state index in [2.05, 4.69) is 66.7 Å². The Morgan fingerprint density at radius 3 is 1.50 bits per heavy atom. The Bertz CT molecular complexity index is 1270. The molecule has 1 heterocycles. The topological polar surface area (TPSA) is 51.1 Å². The largest absolute Gasteiger partial charge is 0.538 e. The molecule has 6 nitrogen and oxygen atoms in total. The van der Waals surface area contributed by atoms with Crippen LogP contribution in [0.2, 0.25) is 19.6 Å². The van der Waals surface area contributed by atoms with E-state index in [0.717, 1.165) is 44.2 Å². The Kier molecular flexibility index (Phi) is 6.63. The molecule has 0 aliphatic carbocycles. The fourth-order valence-electron chi connectivity index (χ4n) is 4.69. The number of aromatic nitrogens is 1. The fraction of sp³-hybridized carbons (Fsp3) is 0.308. The molecule has 0 aliphatic heterocycles. The summed E-state index contributed by atoms with van der Waals surface area (Å²) in [6.07, 6.45) is 0. The van der Waals surface area contributed by atoms with Crippen LogP contribution in [-0.2, 0) is 13.3 Å². The molecule has 0 saturated heterocycles. The van der Waals surface area contributed by atoms with Gasteiger partial charge in [-0.1, -0.05) is 37.8 Å². The number of fused-ring (bicyclic) bond motifs is 3. The molecule has 0 saturated carbocycles. The van der Waals surface area contributed by atoms with E-state index in [4.69, 9.17) is 22.8 Å². The summed E-state index contributed by atoms with van der Waals surface area (Å²) in [5.74, 6) is 1.62. The third kappa shape index (κ3) is 3.85. The molecular weight excluding hydrogens is 462 g/mol. The van der Waals surface area contributed by atoms with Crippen LogP contribution in [0.1, 0.15) is 0 Å². The Hall–Kier alpha value is -2.63. The summed E-state index contributed by atoms with van der Waals surface area (Å²) in [6.45, 7) is 7.06. The lowest BCUT2D eigenvalue weighted by Crippen LogP contribution is -2.58. The van der Waals surface area contributed by atoms with E-state index < -0.39 is 16.9 Å². The molecule has 0 unspecified atom stereocenters. The molecule has 0 aliphatic rings. The fourth-order valence-corrected chi connectivity index (χ4v) is 8.37. The minimum Gasteiger partial charge on any atom is -0.497 e. The highest BCUT2D eigenvalue weighted by molar-refractivity contribution is 6.90. The molecule has 4 aromatic rings. The third-order valence-corrected chi connectivity index (χ3v) is 11.1. The van der Waals surface area contributed by atoms with Gasteiger partial charge in [0.15, 0.2) is 0 Å². The van der Waals surface area contributed by atoms with Crippen molar-refractivity contribution in [1.82, 2.24) is 4.57 Å². The number of benzene rings is 3. The van der Waals surface area contributed by atoms with E-state index in [0.29, 0.717) is 0 Å². The second-order valence-corrected chi connectivity index (χ2v) is 17.1. The molecule has 180 valence electrons. The number of ether oxygens (including phenoxy) is 2. The molecule has 34 heavy (non-hydrogen) atoms. The molecule has 0 spiro atoms. The van der Waals surface area contributed by atoms with Crippen molar-refractivity contribution in [2.75, 3.05) is 35.5 Å². The number of hydrogen-bond acceptors (Lipinski definition) is 5. The summed E-state index contributed by atoms with van der Waals surface area (Å²) in [4.78, 5) is 0. The maximum atomic E-state index is 5.98. The lowest BCUT2D eigenvalue weighted by molar-refractivity contribution is 0.140. The SMILES string of the molecule is COc1ccc2c(c1)c1cc(OC)ccc1n2-c1c([Si](C)(C)C)cccc1[Si](OC)(OC)OC. The van der Waals surface area contributed by atoms with E-state index in [1.165, 1.54) is 5.19 Å². The number of para-hydroxylation sites is 1. The van der Waals surface area contributed by atoms with E-state index in [-0.39, 0.29) is 0 Å². The van der Waals surface area contributed by atoms with Crippen LogP contribution in [0.15, 0.2) is 54.6 Å². The van der Waals surface area contributed by atoms with E-state index >= 15 is 0 Å². The molecule has 4 rings (SSSR count). The van der Waals surface area contributed by atoms with Crippen molar-refractivity contribution in [3.05, 3.63) is 54.6 Å². The van der Waals surface area contributed by atoms with Gasteiger partial charge >= 0.3 is 8.80 Å². The van der Waals surface area contributed by atoms with Crippen molar-refractivity contribution in [3.63, 3.8) is 0 Å². The predicted molar refractivity (Wildman–Crippen MR) is 143 cm³/mol. The van der Waals surface area contributed by atoms with Gasteiger partial charge in [-0.25, -0.2) is 0 Å². The summed E-state index contributed by atoms with van der Waals surface area (Å²) in [7, 11) is 3.38. The van der Waals surface area contributed by atoms with Gasteiger partial charge in [-0.05, 0) is 41.6 Å². The standard InChI is InChI=1S/C26H33NO5Si2/c1-28-18-12-14-22-20(16-18)21-17-19(29-2)13-15-23(21)27(22)26-24(33(6,7)8)10-9-11-25(26)34(30-3,31-4)32-5/h9-17H,1-8H3. The highest BCUT2D eigenvalue weighted by Crippen LogP contribution is 2.36.